The van der Waals surface area contributed by atoms with Gasteiger partial charge >= 0.3 is 0 Å². The van der Waals surface area contributed by atoms with Gasteiger partial charge in [0.15, 0.2) is 22.5 Å². The fourth-order valence-corrected chi connectivity index (χ4v) is 3.85. The van der Waals surface area contributed by atoms with Crippen molar-refractivity contribution in [1.29, 1.82) is 0 Å². The molecule has 7 heteroatoms. The van der Waals surface area contributed by atoms with Gasteiger partial charge in [0.2, 0.25) is 5.75 Å². The number of phenols is 3. The summed E-state index contributed by atoms with van der Waals surface area (Å²) in [4.78, 5) is 14.8. The Labute approximate surface area is 167 Å². The summed E-state index contributed by atoms with van der Waals surface area (Å²) in [5, 5.41) is 40.1. The van der Waals surface area contributed by atoms with Crippen molar-refractivity contribution in [3.8, 4) is 28.6 Å². The van der Waals surface area contributed by atoms with Gasteiger partial charge in [-0.05, 0) is 31.8 Å². The first kappa shape index (κ1) is 19.3. The number of benzene rings is 2. The summed E-state index contributed by atoms with van der Waals surface area (Å²) in [5.74, 6) is -1.33. The molecule has 0 aliphatic carbocycles. The number of phenolic OH excluding ortho intramolecular Hbond substituents is 3. The number of aliphatic hydroxyl groups is 1. The minimum Gasteiger partial charge on any atom is -0.504 e. The Bertz CT molecular complexity index is 1080. The second-order valence-electron chi connectivity index (χ2n) is 7.47. The van der Waals surface area contributed by atoms with Crippen LogP contribution in [-0.2, 0) is 6.54 Å². The SMILES string of the molecule is O=c1cc(-c2ccccc2)oc2c(CN3CCC(CO)CC3)c(O)c(O)c(O)c12. The average molecular weight is 397 g/mol. The van der Waals surface area contributed by atoms with Crippen molar-refractivity contribution in [3.05, 3.63) is 52.2 Å². The Kier molecular flexibility index (Phi) is 5.17. The topological polar surface area (TPSA) is 114 Å². The molecule has 0 saturated carbocycles. The number of hydrogen-bond donors (Lipinski definition) is 4. The van der Waals surface area contributed by atoms with Gasteiger partial charge in [-0.15, -0.1) is 0 Å². The Hall–Kier alpha value is -3.03. The number of rotatable bonds is 4. The molecule has 2 heterocycles. The van der Waals surface area contributed by atoms with Gasteiger partial charge in [-0.25, -0.2) is 0 Å². The zero-order valence-electron chi connectivity index (χ0n) is 15.8. The molecule has 0 spiro atoms. The predicted octanol–water partition coefficient (Wildman–Crippen LogP) is 2.78. The Morgan fingerprint density at radius 2 is 1.69 bits per heavy atom. The number of fused-ring (bicyclic) bond motifs is 1. The molecule has 1 saturated heterocycles. The molecule has 0 unspecified atom stereocenters. The van der Waals surface area contributed by atoms with E-state index in [0.29, 0.717) is 24.4 Å². The second kappa shape index (κ2) is 7.77. The average Bonchev–Trinajstić information content (AvgIpc) is 2.75. The predicted molar refractivity (Wildman–Crippen MR) is 108 cm³/mol. The van der Waals surface area contributed by atoms with Gasteiger partial charge in [0.1, 0.15) is 11.1 Å². The molecule has 1 aromatic heterocycles. The van der Waals surface area contributed by atoms with Crippen molar-refractivity contribution in [2.45, 2.75) is 19.4 Å². The van der Waals surface area contributed by atoms with Crippen molar-refractivity contribution in [1.82, 2.24) is 4.90 Å². The maximum atomic E-state index is 12.7. The minimum absolute atomic E-state index is 0.0634. The Balaban J connectivity index is 1.84. The highest BCUT2D eigenvalue weighted by Gasteiger charge is 2.26. The molecule has 0 radical (unpaired) electrons. The van der Waals surface area contributed by atoms with E-state index in [1.54, 1.807) is 12.1 Å². The highest BCUT2D eigenvalue weighted by molar-refractivity contribution is 5.92. The maximum Gasteiger partial charge on any atom is 0.201 e. The lowest BCUT2D eigenvalue weighted by Gasteiger charge is -2.31. The quantitative estimate of drug-likeness (QED) is 0.501. The number of aliphatic hydroxyl groups excluding tert-OH is 1. The van der Waals surface area contributed by atoms with Crippen molar-refractivity contribution in [2.24, 2.45) is 5.92 Å². The summed E-state index contributed by atoms with van der Waals surface area (Å²) in [6.07, 6.45) is 1.64. The molecule has 1 aliphatic heterocycles. The molecule has 1 aliphatic rings. The van der Waals surface area contributed by atoms with Crippen LogP contribution < -0.4 is 5.43 Å². The molecule has 3 aromatic rings. The van der Waals surface area contributed by atoms with E-state index in [9.17, 15) is 25.2 Å². The molecule has 0 amide bonds. The number of aromatic hydroxyl groups is 3. The number of piperidine rings is 1. The molecular weight excluding hydrogens is 374 g/mol. The molecule has 2 aromatic carbocycles. The van der Waals surface area contributed by atoms with Gasteiger partial charge in [-0.1, -0.05) is 30.3 Å². The molecule has 0 atom stereocenters. The third-order valence-electron chi connectivity index (χ3n) is 5.60. The highest BCUT2D eigenvalue weighted by atomic mass is 16.3. The van der Waals surface area contributed by atoms with Crippen LogP contribution in [0.25, 0.3) is 22.3 Å². The zero-order chi connectivity index (χ0) is 20.5. The van der Waals surface area contributed by atoms with E-state index in [1.807, 2.05) is 18.2 Å². The van der Waals surface area contributed by atoms with Crippen molar-refractivity contribution in [2.75, 3.05) is 19.7 Å². The largest absolute Gasteiger partial charge is 0.504 e. The van der Waals surface area contributed by atoms with Crippen LogP contribution in [0.2, 0.25) is 0 Å². The molecular formula is C22H23NO6. The van der Waals surface area contributed by atoms with Crippen molar-refractivity contribution >= 4 is 11.0 Å². The fourth-order valence-electron chi connectivity index (χ4n) is 3.85. The van der Waals surface area contributed by atoms with Gasteiger partial charge in [-0.2, -0.15) is 0 Å². The smallest absolute Gasteiger partial charge is 0.201 e. The van der Waals surface area contributed by atoms with E-state index in [1.165, 1.54) is 6.07 Å². The lowest BCUT2D eigenvalue weighted by atomic mass is 9.97. The zero-order valence-corrected chi connectivity index (χ0v) is 15.8. The van der Waals surface area contributed by atoms with E-state index in [0.717, 1.165) is 12.8 Å². The van der Waals surface area contributed by atoms with E-state index in [4.69, 9.17) is 4.42 Å². The number of likely N-dealkylation sites (tertiary alicyclic amines) is 1. The lowest BCUT2D eigenvalue weighted by Crippen LogP contribution is -2.34. The fraction of sp³-hybridized carbons (Fsp3) is 0.318. The third-order valence-corrected chi connectivity index (χ3v) is 5.60. The molecule has 29 heavy (non-hydrogen) atoms. The van der Waals surface area contributed by atoms with E-state index in [2.05, 4.69) is 4.90 Å². The normalized spacial score (nSPS) is 15.8. The van der Waals surface area contributed by atoms with Crippen LogP contribution in [0.1, 0.15) is 18.4 Å². The van der Waals surface area contributed by atoms with Crippen LogP contribution >= 0.6 is 0 Å². The molecule has 1 fully saturated rings. The number of hydrogen-bond acceptors (Lipinski definition) is 7. The summed E-state index contributed by atoms with van der Waals surface area (Å²) in [7, 11) is 0. The Morgan fingerprint density at radius 1 is 1.00 bits per heavy atom. The first-order valence-electron chi connectivity index (χ1n) is 9.61. The van der Waals surface area contributed by atoms with E-state index < -0.39 is 22.7 Å². The third kappa shape index (κ3) is 3.54. The first-order valence-corrected chi connectivity index (χ1v) is 9.61. The van der Waals surface area contributed by atoms with Crippen LogP contribution in [0.4, 0.5) is 0 Å². The molecule has 152 valence electrons. The van der Waals surface area contributed by atoms with Crippen molar-refractivity contribution in [3.63, 3.8) is 0 Å². The van der Waals surface area contributed by atoms with Crippen LogP contribution in [-0.4, -0.2) is 45.0 Å². The molecule has 4 N–H and O–H groups in total. The molecule has 4 rings (SSSR count). The van der Waals surface area contributed by atoms with E-state index in [-0.39, 0.29) is 35.6 Å². The summed E-state index contributed by atoms with van der Waals surface area (Å²) < 4.78 is 5.96. The summed E-state index contributed by atoms with van der Waals surface area (Å²) in [6.45, 7) is 1.81. The molecule has 0 bridgehead atoms. The van der Waals surface area contributed by atoms with Gasteiger partial charge in [0.25, 0.3) is 0 Å². The summed E-state index contributed by atoms with van der Waals surface area (Å²) >= 11 is 0. The first-order chi connectivity index (χ1) is 14.0. The van der Waals surface area contributed by atoms with Gasteiger partial charge in [0.05, 0.1) is 5.56 Å². The van der Waals surface area contributed by atoms with Crippen LogP contribution in [0.3, 0.4) is 0 Å². The van der Waals surface area contributed by atoms with Crippen LogP contribution in [0.15, 0.2) is 45.6 Å². The standard InChI is InChI=1S/C22H23NO6/c24-12-13-6-8-23(9-7-13)11-15-19(26)21(28)20(27)18-16(25)10-17(29-22(15)18)14-4-2-1-3-5-14/h1-5,10,13,24,26-28H,6-9,11-12H2. The van der Waals surface area contributed by atoms with Gasteiger partial charge in [0, 0.05) is 24.8 Å². The van der Waals surface area contributed by atoms with Gasteiger partial charge < -0.3 is 24.8 Å². The minimum atomic E-state index is -0.725. The Morgan fingerprint density at radius 3 is 2.34 bits per heavy atom. The van der Waals surface area contributed by atoms with E-state index >= 15 is 0 Å². The molecule has 7 nitrogen and oxygen atoms in total. The number of nitrogens with zero attached hydrogens (tertiary/aromatic N) is 1. The highest BCUT2D eigenvalue weighted by Crippen LogP contribution is 2.45. The van der Waals surface area contributed by atoms with Crippen molar-refractivity contribution < 1.29 is 24.8 Å². The second-order valence-corrected chi connectivity index (χ2v) is 7.47. The maximum absolute atomic E-state index is 12.7. The van der Waals surface area contributed by atoms with Crippen LogP contribution in [0, 0.1) is 5.92 Å². The monoisotopic (exact) mass is 397 g/mol. The van der Waals surface area contributed by atoms with Gasteiger partial charge in [-0.3, -0.25) is 9.69 Å². The van der Waals surface area contributed by atoms with Crippen LogP contribution in [0.5, 0.6) is 17.2 Å². The summed E-state index contributed by atoms with van der Waals surface area (Å²) in [6, 6.07) is 10.3. The summed E-state index contributed by atoms with van der Waals surface area (Å²) in [5.41, 5.74) is 0.507. The lowest BCUT2D eigenvalue weighted by molar-refractivity contribution is 0.126.